The lowest BCUT2D eigenvalue weighted by Crippen LogP contribution is -2.49. The van der Waals surface area contributed by atoms with Gasteiger partial charge in [0, 0.05) is 6.08 Å². The van der Waals surface area contributed by atoms with E-state index in [1.807, 2.05) is 6.92 Å². The highest BCUT2D eigenvalue weighted by molar-refractivity contribution is 5.82. The minimum absolute atomic E-state index is 0.243. The Morgan fingerprint density at radius 2 is 2.04 bits per heavy atom. The zero-order valence-electron chi connectivity index (χ0n) is 15.7. The molecule has 0 aromatic heterocycles. The molecule has 23 heavy (non-hydrogen) atoms. The number of allylic oxidation sites excluding steroid dienone is 2. The second-order valence-electron chi connectivity index (χ2n) is 8.70. The second-order valence-corrected chi connectivity index (χ2v) is 8.70. The fourth-order valence-corrected chi connectivity index (χ4v) is 5.51. The van der Waals surface area contributed by atoms with E-state index in [9.17, 15) is 4.79 Å². The summed E-state index contributed by atoms with van der Waals surface area (Å²) in [5.74, 6) is 1.14. The molecule has 0 spiro atoms. The van der Waals surface area contributed by atoms with Crippen molar-refractivity contribution < 1.29 is 9.53 Å². The molecule has 2 rings (SSSR count). The van der Waals surface area contributed by atoms with Gasteiger partial charge in [-0.05, 0) is 68.1 Å². The van der Waals surface area contributed by atoms with Crippen LogP contribution < -0.4 is 0 Å². The van der Waals surface area contributed by atoms with Gasteiger partial charge in [-0.2, -0.15) is 0 Å². The molecular weight excluding hydrogens is 284 g/mol. The molecule has 2 aliphatic rings. The molecule has 0 aliphatic heterocycles. The zero-order valence-corrected chi connectivity index (χ0v) is 15.7. The summed E-state index contributed by atoms with van der Waals surface area (Å²) < 4.78 is 4.73. The first kappa shape index (κ1) is 18.3. The predicted molar refractivity (Wildman–Crippen MR) is 96.1 cm³/mol. The van der Waals surface area contributed by atoms with Crippen LogP contribution in [0.4, 0.5) is 0 Å². The molecule has 0 N–H and O–H groups in total. The van der Waals surface area contributed by atoms with Gasteiger partial charge in [0.2, 0.25) is 0 Å². The average Bonchev–Trinajstić information content (AvgIpc) is 2.45. The normalized spacial score (nSPS) is 34.0. The molecule has 2 aliphatic carbocycles. The fourth-order valence-electron chi connectivity index (χ4n) is 5.51. The smallest absolute Gasteiger partial charge is 0.330 e. The van der Waals surface area contributed by atoms with Gasteiger partial charge in [0.1, 0.15) is 0 Å². The maximum absolute atomic E-state index is 11.4. The summed E-state index contributed by atoms with van der Waals surface area (Å²) in [7, 11) is 1.44. The van der Waals surface area contributed by atoms with Crippen molar-refractivity contribution >= 4 is 5.97 Å². The van der Waals surface area contributed by atoms with E-state index in [0.717, 1.165) is 24.3 Å². The molecular formula is C21H34O2. The summed E-state index contributed by atoms with van der Waals surface area (Å²) >= 11 is 0. The number of esters is 1. The minimum Gasteiger partial charge on any atom is -0.466 e. The van der Waals surface area contributed by atoms with E-state index in [4.69, 9.17) is 4.74 Å². The van der Waals surface area contributed by atoms with E-state index in [1.54, 1.807) is 6.08 Å². The lowest BCUT2D eigenvalue weighted by molar-refractivity contribution is -0.134. The molecule has 0 aromatic carbocycles. The van der Waals surface area contributed by atoms with Gasteiger partial charge >= 0.3 is 5.97 Å². The molecule has 2 saturated carbocycles. The van der Waals surface area contributed by atoms with E-state index in [1.165, 1.54) is 44.8 Å². The maximum Gasteiger partial charge on any atom is 0.330 e. The third-order valence-corrected chi connectivity index (χ3v) is 6.71. The Bertz CT molecular complexity index is 500. The van der Waals surface area contributed by atoms with Crippen molar-refractivity contribution in [2.24, 2.45) is 22.7 Å². The van der Waals surface area contributed by atoms with E-state index in [0.29, 0.717) is 16.7 Å². The molecule has 0 unspecified atom stereocenters. The number of fused-ring (bicyclic) bond motifs is 1. The summed E-state index contributed by atoms with van der Waals surface area (Å²) in [6.07, 6.45) is 10.2. The van der Waals surface area contributed by atoms with Crippen LogP contribution >= 0.6 is 0 Å². The van der Waals surface area contributed by atoms with Gasteiger partial charge in [0.25, 0.3) is 0 Å². The Hall–Kier alpha value is -1.05. The second kappa shape index (κ2) is 6.83. The lowest BCUT2D eigenvalue weighted by Gasteiger charge is -2.58. The molecule has 0 radical (unpaired) electrons. The van der Waals surface area contributed by atoms with Crippen molar-refractivity contribution in [2.75, 3.05) is 7.11 Å². The zero-order chi connectivity index (χ0) is 17.3. The Kier molecular flexibility index (Phi) is 5.43. The van der Waals surface area contributed by atoms with Crippen LogP contribution in [0, 0.1) is 22.7 Å². The molecule has 0 aromatic rings. The van der Waals surface area contributed by atoms with Crippen LogP contribution in [0.15, 0.2) is 23.8 Å². The average molecular weight is 319 g/mol. The predicted octanol–water partition coefficient (Wildman–Crippen LogP) is 5.68. The monoisotopic (exact) mass is 318 g/mol. The first-order valence-corrected chi connectivity index (χ1v) is 9.13. The number of rotatable bonds is 4. The number of carbonyl (C=O) groups excluding carboxylic acids is 1. The SMILES string of the molecule is C=C1CC[C@@H]2C(C)(C)CCC[C@@]2(C)[C@@H]1CC/C(C)=C\C(=O)OC. The third kappa shape index (κ3) is 3.72. The molecule has 0 amide bonds. The van der Waals surface area contributed by atoms with Crippen LogP contribution in [0.2, 0.25) is 0 Å². The third-order valence-electron chi connectivity index (χ3n) is 6.71. The number of methoxy groups -OCH3 is 1. The Morgan fingerprint density at radius 1 is 1.35 bits per heavy atom. The van der Waals surface area contributed by atoms with Crippen LogP contribution in [0.1, 0.15) is 72.6 Å². The summed E-state index contributed by atoms with van der Waals surface area (Å²) in [4.78, 5) is 11.4. The largest absolute Gasteiger partial charge is 0.466 e. The van der Waals surface area contributed by atoms with Gasteiger partial charge in [-0.25, -0.2) is 4.79 Å². The fraction of sp³-hybridized carbons (Fsp3) is 0.762. The van der Waals surface area contributed by atoms with Crippen molar-refractivity contribution in [1.29, 1.82) is 0 Å². The van der Waals surface area contributed by atoms with Gasteiger partial charge in [0.15, 0.2) is 0 Å². The summed E-state index contributed by atoms with van der Waals surface area (Å²) in [5.41, 5.74) is 3.38. The molecule has 2 heteroatoms. The van der Waals surface area contributed by atoms with Crippen LogP contribution in [0.3, 0.4) is 0 Å². The van der Waals surface area contributed by atoms with Crippen LogP contribution in [-0.4, -0.2) is 13.1 Å². The van der Waals surface area contributed by atoms with Crippen LogP contribution in [-0.2, 0) is 9.53 Å². The molecule has 0 bridgehead atoms. The topological polar surface area (TPSA) is 26.3 Å². The van der Waals surface area contributed by atoms with Crippen molar-refractivity contribution in [1.82, 2.24) is 0 Å². The first-order chi connectivity index (χ1) is 10.7. The highest BCUT2D eigenvalue weighted by atomic mass is 16.5. The number of hydrogen-bond acceptors (Lipinski definition) is 2. The quantitative estimate of drug-likeness (QED) is 0.378. The molecule has 0 heterocycles. The molecule has 130 valence electrons. The van der Waals surface area contributed by atoms with Crippen LogP contribution in [0.25, 0.3) is 0 Å². The van der Waals surface area contributed by atoms with Crippen molar-refractivity contribution in [2.45, 2.75) is 72.6 Å². The number of ether oxygens (including phenoxy) is 1. The van der Waals surface area contributed by atoms with Crippen molar-refractivity contribution in [3.63, 3.8) is 0 Å². The highest BCUT2D eigenvalue weighted by Gasteiger charge is 2.52. The Labute approximate surface area is 142 Å². The minimum atomic E-state index is -0.243. The van der Waals surface area contributed by atoms with Crippen LogP contribution in [0.5, 0.6) is 0 Å². The van der Waals surface area contributed by atoms with Gasteiger partial charge in [0.05, 0.1) is 7.11 Å². The van der Waals surface area contributed by atoms with E-state index < -0.39 is 0 Å². The lowest BCUT2D eigenvalue weighted by atomic mass is 9.47. The van der Waals surface area contributed by atoms with Crippen molar-refractivity contribution in [3.05, 3.63) is 23.8 Å². The van der Waals surface area contributed by atoms with Gasteiger partial charge in [-0.3, -0.25) is 0 Å². The van der Waals surface area contributed by atoms with E-state index in [-0.39, 0.29) is 5.97 Å². The van der Waals surface area contributed by atoms with E-state index in [2.05, 4.69) is 27.4 Å². The summed E-state index contributed by atoms with van der Waals surface area (Å²) in [6, 6.07) is 0. The van der Waals surface area contributed by atoms with Gasteiger partial charge < -0.3 is 4.74 Å². The Balaban J connectivity index is 2.14. The van der Waals surface area contributed by atoms with Gasteiger partial charge in [-0.15, -0.1) is 0 Å². The number of hydrogen-bond donors (Lipinski definition) is 0. The van der Waals surface area contributed by atoms with Crippen molar-refractivity contribution in [3.8, 4) is 0 Å². The molecule has 2 fully saturated rings. The maximum atomic E-state index is 11.4. The summed E-state index contributed by atoms with van der Waals surface area (Å²) in [5, 5.41) is 0. The molecule has 3 atom stereocenters. The summed E-state index contributed by atoms with van der Waals surface area (Å²) in [6.45, 7) is 13.9. The standard InChI is InChI=1S/C21H34O2/c1-15(14-19(22)23-6)8-10-17-16(2)9-11-18-20(3,4)12-7-13-21(17,18)5/h14,17-18H,2,7-13H2,1,3-6H3/b15-14-/t17-,18-,21+/m1/s1. The molecule has 2 nitrogen and oxygen atoms in total. The highest BCUT2D eigenvalue weighted by Crippen LogP contribution is 2.61. The Morgan fingerprint density at radius 3 is 2.70 bits per heavy atom. The van der Waals surface area contributed by atoms with Gasteiger partial charge in [-0.1, -0.05) is 44.9 Å². The molecule has 0 saturated heterocycles. The first-order valence-electron chi connectivity index (χ1n) is 9.13. The van der Waals surface area contributed by atoms with E-state index >= 15 is 0 Å². The number of carbonyl (C=O) groups is 1.